The van der Waals surface area contributed by atoms with Gasteiger partial charge < -0.3 is 9.26 Å². The Hall–Kier alpha value is -1.27. The van der Waals surface area contributed by atoms with E-state index in [-0.39, 0.29) is 6.10 Å². The molecular weight excluding hydrogens is 274 g/mol. The minimum Gasteiger partial charge on any atom is -0.374 e. The van der Waals surface area contributed by atoms with E-state index < -0.39 is 0 Å². The number of hydrogen-bond donors (Lipinski definition) is 0. The van der Waals surface area contributed by atoms with E-state index in [2.05, 4.69) is 31.1 Å². The van der Waals surface area contributed by atoms with Crippen LogP contribution in [0.4, 0.5) is 0 Å². The van der Waals surface area contributed by atoms with Gasteiger partial charge in [0.15, 0.2) is 0 Å². The second kappa shape index (κ2) is 4.71. The van der Waals surface area contributed by atoms with Crippen molar-refractivity contribution < 1.29 is 9.26 Å². The summed E-state index contributed by atoms with van der Waals surface area (Å²) < 4.78 is 11.1. The second-order valence-electron chi connectivity index (χ2n) is 3.23. The molecule has 0 aliphatic rings. The van der Waals surface area contributed by atoms with Crippen LogP contribution in [0.15, 0.2) is 27.5 Å². The SMILES string of the molecule is CO[C@@H](C)c1noc(-c2cncc(Br)c2)n1. The number of hydrogen-bond acceptors (Lipinski definition) is 5. The predicted molar refractivity (Wildman–Crippen MR) is 60.7 cm³/mol. The molecule has 2 aromatic rings. The van der Waals surface area contributed by atoms with Crippen LogP contribution < -0.4 is 0 Å². The standard InChI is InChI=1S/C10H10BrN3O2/c1-6(15-2)9-13-10(16-14-9)7-3-8(11)5-12-4-7/h3-6H,1-2H3/t6-/m0/s1. The van der Waals surface area contributed by atoms with E-state index in [0.29, 0.717) is 11.7 Å². The van der Waals surface area contributed by atoms with Crippen molar-refractivity contribution in [1.82, 2.24) is 15.1 Å². The molecule has 0 aliphatic heterocycles. The van der Waals surface area contributed by atoms with Crippen molar-refractivity contribution >= 4 is 15.9 Å². The molecule has 0 aliphatic carbocycles. The number of rotatable bonds is 3. The molecule has 0 amide bonds. The number of pyridine rings is 1. The molecule has 5 nitrogen and oxygen atoms in total. The first-order valence-electron chi connectivity index (χ1n) is 4.68. The molecule has 0 bridgehead atoms. The molecular formula is C10H10BrN3O2. The lowest BCUT2D eigenvalue weighted by atomic mass is 10.3. The molecule has 0 fully saturated rings. The van der Waals surface area contributed by atoms with Gasteiger partial charge in [-0.05, 0) is 28.9 Å². The van der Waals surface area contributed by atoms with Gasteiger partial charge in [0.1, 0.15) is 6.10 Å². The van der Waals surface area contributed by atoms with Gasteiger partial charge in [0, 0.05) is 24.0 Å². The zero-order valence-electron chi connectivity index (χ0n) is 8.85. The zero-order valence-corrected chi connectivity index (χ0v) is 10.4. The molecule has 0 saturated heterocycles. The highest BCUT2D eigenvalue weighted by molar-refractivity contribution is 9.10. The smallest absolute Gasteiger partial charge is 0.259 e. The lowest BCUT2D eigenvalue weighted by Gasteiger charge is -2.00. The predicted octanol–water partition coefficient (Wildman–Crippen LogP) is 2.60. The molecule has 2 rings (SSSR count). The molecule has 2 aromatic heterocycles. The number of ether oxygens (including phenoxy) is 1. The molecule has 0 radical (unpaired) electrons. The fourth-order valence-electron chi connectivity index (χ4n) is 1.15. The van der Waals surface area contributed by atoms with Crippen LogP contribution in [0.5, 0.6) is 0 Å². The summed E-state index contributed by atoms with van der Waals surface area (Å²) in [4.78, 5) is 8.26. The van der Waals surface area contributed by atoms with Crippen LogP contribution >= 0.6 is 15.9 Å². The number of halogens is 1. The van der Waals surface area contributed by atoms with Gasteiger partial charge in [-0.25, -0.2) is 0 Å². The van der Waals surface area contributed by atoms with E-state index in [4.69, 9.17) is 9.26 Å². The van der Waals surface area contributed by atoms with Gasteiger partial charge in [-0.1, -0.05) is 5.16 Å². The molecule has 2 heterocycles. The molecule has 0 aromatic carbocycles. The van der Waals surface area contributed by atoms with Crippen LogP contribution in [0.1, 0.15) is 18.9 Å². The molecule has 0 N–H and O–H groups in total. The van der Waals surface area contributed by atoms with Gasteiger partial charge in [0.25, 0.3) is 5.89 Å². The third kappa shape index (κ3) is 2.28. The minimum atomic E-state index is -0.183. The third-order valence-electron chi connectivity index (χ3n) is 2.11. The van der Waals surface area contributed by atoms with E-state index in [0.717, 1.165) is 10.0 Å². The molecule has 16 heavy (non-hydrogen) atoms. The third-order valence-corrected chi connectivity index (χ3v) is 2.54. The molecule has 84 valence electrons. The largest absolute Gasteiger partial charge is 0.374 e. The lowest BCUT2D eigenvalue weighted by Crippen LogP contribution is -1.97. The monoisotopic (exact) mass is 283 g/mol. The van der Waals surface area contributed by atoms with E-state index in [1.54, 1.807) is 19.5 Å². The van der Waals surface area contributed by atoms with Crippen molar-refractivity contribution in [3.63, 3.8) is 0 Å². The van der Waals surface area contributed by atoms with Gasteiger partial charge in [0.2, 0.25) is 5.82 Å². The van der Waals surface area contributed by atoms with Gasteiger partial charge >= 0.3 is 0 Å². The lowest BCUT2D eigenvalue weighted by molar-refractivity contribution is 0.109. The van der Waals surface area contributed by atoms with Crippen molar-refractivity contribution in [2.24, 2.45) is 0 Å². The molecule has 0 unspecified atom stereocenters. The molecule has 0 spiro atoms. The highest BCUT2D eigenvalue weighted by Gasteiger charge is 2.14. The maximum Gasteiger partial charge on any atom is 0.259 e. The minimum absolute atomic E-state index is 0.183. The highest BCUT2D eigenvalue weighted by atomic mass is 79.9. The van der Waals surface area contributed by atoms with Crippen molar-refractivity contribution in [3.8, 4) is 11.5 Å². The summed E-state index contributed by atoms with van der Waals surface area (Å²) in [5, 5.41) is 3.84. The quantitative estimate of drug-likeness (QED) is 0.867. The summed E-state index contributed by atoms with van der Waals surface area (Å²) in [5.74, 6) is 0.963. The average molecular weight is 284 g/mol. The van der Waals surface area contributed by atoms with Crippen LogP contribution in [0.25, 0.3) is 11.5 Å². The Balaban J connectivity index is 2.31. The summed E-state index contributed by atoms with van der Waals surface area (Å²) >= 11 is 3.33. The first-order valence-corrected chi connectivity index (χ1v) is 5.47. The van der Waals surface area contributed by atoms with E-state index in [9.17, 15) is 0 Å². The first kappa shape index (κ1) is 11.2. The summed E-state index contributed by atoms with van der Waals surface area (Å²) in [5.41, 5.74) is 0.774. The molecule has 0 saturated carbocycles. The van der Waals surface area contributed by atoms with E-state index in [1.807, 2.05) is 13.0 Å². The summed E-state index contributed by atoms with van der Waals surface area (Å²) in [7, 11) is 1.60. The van der Waals surface area contributed by atoms with Gasteiger partial charge in [-0.15, -0.1) is 0 Å². The topological polar surface area (TPSA) is 61.0 Å². The Morgan fingerprint density at radius 1 is 1.44 bits per heavy atom. The zero-order chi connectivity index (χ0) is 11.5. The Bertz CT molecular complexity index is 486. The molecule has 1 atom stereocenters. The molecule has 6 heteroatoms. The summed E-state index contributed by atoms with van der Waals surface area (Å²) in [6, 6.07) is 1.86. The normalized spacial score (nSPS) is 12.7. The average Bonchev–Trinajstić information content (AvgIpc) is 2.77. The first-order chi connectivity index (χ1) is 7.70. The van der Waals surface area contributed by atoms with Crippen LogP contribution in [0.2, 0.25) is 0 Å². The Morgan fingerprint density at radius 3 is 2.94 bits per heavy atom. The van der Waals surface area contributed by atoms with E-state index >= 15 is 0 Å². The number of methoxy groups -OCH3 is 1. The number of aromatic nitrogens is 3. The van der Waals surface area contributed by atoms with Gasteiger partial charge in [-0.2, -0.15) is 4.98 Å². The van der Waals surface area contributed by atoms with E-state index in [1.165, 1.54) is 0 Å². The highest BCUT2D eigenvalue weighted by Crippen LogP contribution is 2.22. The second-order valence-corrected chi connectivity index (χ2v) is 4.14. The van der Waals surface area contributed by atoms with Crippen LogP contribution in [-0.2, 0) is 4.74 Å². The Morgan fingerprint density at radius 2 is 2.25 bits per heavy atom. The van der Waals surface area contributed by atoms with Crippen LogP contribution in [0, 0.1) is 0 Å². The van der Waals surface area contributed by atoms with Crippen molar-refractivity contribution in [1.29, 1.82) is 0 Å². The summed E-state index contributed by atoms with van der Waals surface area (Å²) in [6.07, 6.45) is 3.18. The Labute approximate surface area is 101 Å². The fourth-order valence-corrected chi connectivity index (χ4v) is 1.52. The van der Waals surface area contributed by atoms with Crippen molar-refractivity contribution in [2.45, 2.75) is 13.0 Å². The van der Waals surface area contributed by atoms with Crippen molar-refractivity contribution in [3.05, 3.63) is 28.8 Å². The van der Waals surface area contributed by atoms with Crippen molar-refractivity contribution in [2.75, 3.05) is 7.11 Å². The summed E-state index contributed by atoms with van der Waals surface area (Å²) in [6.45, 7) is 1.85. The Kier molecular flexibility index (Phi) is 3.31. The fraction of sp³-hybridized carbons (Fsp3) is 0.300. The van der Waals surface area contributed by atoms with Crippen LogP contribution in [0.3, 0.4) is 0 Å². The number of nitrogens with zero attached hydrogens (tertiary/aromatic N) is 3. The maximum absolute atomic E-state index is 5.13. The van der Waals surface area contributed by atoms with Gasteiger partial charge in [0.05, 0.1) is 5.56 Å². The maximum atomic E-state index is 5.13. The van der Waals surface area contributed by atoms with Gasteiger partial charge in [-0.3, -0.25) is 4.98 Å². The van der Waals surface area contributed by atoms with Crippen LogP contribution in [-0.4, -0.2) is 22.2 Å².